The molecule has 0 fully saturated rings. The van der Waals surface area contributed by atoms with Crippen molar-refractivity contribution in [2.75, 3.05) is 26.3 Å². The van der Waals surface area contributed by atoms with Crippen LogP contribution in [0.3, 0.4) is 0 Å². The first-order valence-corrected chi connectivity index (χ1v) is 25.8. The number of esters is 2. The highest BCUT2D eigenvalue weighted by Crippen LogP contribution is 2.19. The minimum absolute atomic E-state index is 0.0818. The van der Waals surface area contributed by atoms with Gasteiger partial charge in [0.05, 0.1) is 19.3 Å². The van der Waals surface area contributed by atoms with Crippen molar-refractivity contribution in [1.82, 2.24) is 15.1 Å². The van der Waals surface area contributed by atoms with Crippen LogP contribution in [0.4, 0.5) is 0 Å². The van der Waals surface area contributed by atoms with Gasteiger partial charge in [-0.2, -0.15) is 5.10 Å². The number of unbranched alkanes of at least 4 members (excludes halogenated alkanes) is 19. The number of hydrogen-bond donors (Lipinski definition) is 2. The smallest absolute Gasteiger partial charge is 0.305 e. The number of rotatable bonds is 46. The number of carbonyl (C=O) groups excluding carboxylic acids is 2. The van der Waals surface area contributed by atoms with E-state index in [2.05, 4.69) is 72.9 Å². The zero-order valence-corrected chi connectivity index (χ0v) is 40.1. The normalized spacial score (nSPS) is 13.0. The van der Waals surface area contributed by atoms with Gasteiger partial charge in [0.2, 0.25) is 0 Å². The van der Waals surface area contributed by atoms with Crippen LogP contribution in [-0.2, 0) is 25.6 Å². The minimum Gasteiger partial charge on any atom is -0.466 e. The summed E-state index contributed by atoms with van der Waals surface area (Å²) in [5, 5.41) is 19.0. The van der Waals surface area contributed by atoms with Gasteiger partial charge in [0.25, 0.3) is 0 Å². The molecule has 2 atom stereocenters. The molecule has 0 aliphatic heterocycles. The lowest BCUT2D eigenvalue weighted by Gasteiger charge is -2.24. The number of aliphatic hydroxyl groups is 1. The Labute approximate surface area is 381 Å². The molecule has 2 N–H and O–H groups in total. The first-order valence-electron chi connectivity index (χ1n) is 25.8. The highest BCUT2D eigenvalue weighted by Gasteiger charge is 2.19. The number of allylic oxidation sites excluding steroid dienone is 8. The predicted molar refractivity (Wildman–Crippen MR) is 262 cm³/mol. The van der Waals surface area contributed by atoms with Crippen LogP contribution in [-0.4, -0.2) is 59.2 Å². The second kappa shape index (κ2) is 46.0. The van der Waals surface area contributed by atoms with E-state index >= 15 is 0 Å². The van der Waals surface area contributed by atoms with Crippen molar-refractivity contribution < 1.29 is 24.2 Å². The Morgan fingerprint density at radius 2 is 1.05 bits per heavy atom. The second-order valence-corrected chi connectivity index (χ2v) is 17.4. The lowest BCUT2D eigenvalue weighted by Crippen LogP contribution is -2.32. The van der Waals surface area contributed by atoms with Gasteiger partial charge < -0.3 is 19.9 Å². The molecule has 0 saturated heterocycles. The molecule has 2 unspecified atom stereocenters. The summed E-state index contributed by atoms with van der Waals surface area (Å²) < 4.78 is 13.0. The third kappa shape index (κ3) is 39.8. The van der Waals surface area contributed by atoms with E-state index in [-0.39, 0.29) is 17.9 Å². The van der Waals surface area contributed by atoms with E-state index in [0.717, 1.165) is 122 Å². The fourth-order valence-corrected chi connectivity index (χ4v) is 7.57. The topological polar surface area (TPSA) is 103 Å². The second-order valence-electron chi connectivity index (χ2n) is 17.4. The van der Waals surface area contributed by atoms with Crippen molar-refractivity contribution in [2.24, 2.45) is 5.92 Å². The summed E-state index contributed by atoms with van der Waals surface area (Å²) in [7, 11) is 0. The van der Waals surface area contributed by atoms with E-state index in [1.165, 1.54) is 89.9 Å². The number of aliphatic hydroxyl groups excluding tert-OH is 1. The van der Waals surface area contributed by atoms with Crippen LogP contribution in [0.5, 0.6) is 0 Å². The van der Waals surface area contributed by atoms with Crippen LogP contribution in [0.15, 0.2) is 67.1 Å². The molecule has 356 valence electrons. The van der Waals surface area contributed by atoms with Crippen LogP contribution < -0.4 is 5.32 Å². The Morgan fingerprint density at radius 1 is 0.581 bits per heavy atom. The van der Waals surface area contributed by atoms with E-state index in [4.69, 9.17) is 9.47 Å². The lowest BCUT2D eigenvalue weighted by atomic mass is 9.92. The fourth-order valence-electron chi connectivity index (χ4n) is 7.57. The van der Waals surface area contributed by atoms with Crippen molar-refractivity contribution in [1.29, 1.82) is 0 Å². The van der Waals surface area contributed by atoms with E-state index < -0.39 is 6.10 Å². The van der Waals surface area contributed by atoms with E-state index in [1.54, 1.807) is 6.20 Å². The molecule has 62 heavy (non-hydrogen) atoms. The molecule has 0 bridgehead atoms. The molecule has 8 nitrogen and oxygen atoms in total. The average Bonchev–Trinajstić information content (AvgIpc) is 3.80. The lowest BCUT2D eigenvalue weighted by molar-refractivity contribution is -0.144. The van der Waals surface area contributed by atoms with Crippen LogP contribution in [0.1, 0.15) is 219 Å². The van der Waals surface area contributed by atoms with Crippen LogP contribution in [0.25, 0.3) is 0 Å². The molecule has 1 rings (SSSR count). The van der Waals surface area contributed by atoms with Gasteiger partial charge in [-0.05, 0) is 141 Å². The molecule has 0 saturated carbocycles. The molecule has 0 spiro atoms. The SMILES string of the molecule is CCCCC/C=C\C/C=C\CCCCCCCC(=O)OCCCCCC(O)C(CCCCOC(=O)CCCCCCC/C=C\C/C=C\CCCCC)CNCCCn1cccn1. The zero-order chi connectivity index (χ0) is 44.7. The summed E-state index contributed by atoms with van der Waals surface area (Å²) in [5.41, 5.74) is 0. The van der Waals surface area contributed by atoms with Gasteiger partial charge in [-0.25, -0.2) is 0 Å². The first-order chi connectivity index (χ1) is 30.6. The number of ether oxygens (including phenoxy) is 2. The Hall–Kier alpha value is -2.97. The highest BCUT2D eigenvalue weighted by molar-refractivity contribution is 5.69. The molecule has 0 aliphatic carbocycles. The molecule has 8 heteroatoms. The van der Waals surface area contributed by atoms with Gasteiger partial charge in [0.15, 0.2) is 0 Å². The number of hydrogen-bond acceptors (Lipinski definition) is 7. The quantitative estimate of drug-likeness (QED) is 0.0382. The van der Waals surface area contributed by atoms with Gasteiger partial charge in [-0.15, -0.1) is 0 Å². The average molecular weight is 866 g/mol. The number of nitrogens with zero attached hydrogens (tertiary/aromatic N) is 2. The van der Waals surface area contributed by atoms with Crippen molar-refractivity contribution in [3.8, 4) is 0 Å². The molecular formula is C54H95N3O5. The molecule has 1 heterocycles. The fraction of sp³-hybridized carbons (Fsp3) is 0.759. The van der Waals surface area contributed by atoms with Gasteiger partial charge in [-0.3, -0.25) is 14.3 Å². The molecule has 0 aromatic carbocycles. The summed E-state index contributed by atoms with van der Waals surface area (Å²) in [6.45, 7) is 7.91. The van der Waals surface area contributed by atoms with E-state index in [9.17, 15) is 14.7 Å². The predicted octanol–water partition coefficient (Wildman–Crippen LogP) is 14.3. The number of aryl methyl sites for hydroxylation is 1. The molecular weight excluding hydrogens is 771 g/mol. The number of aromatic nitrogens is 2. The largest absolute Gasteiger partial charge is 0.466 e. The highest BCUT2D eigenvalue weighted by atomic mass is 16.5. The first kappa shape index (κ1) is 57.0. The van der Waals surface area contributed by atoms with Crippen molar-refractivity contribution in [2.45, 2.75) is 232 Å². The van der Waals surface area contributed by atoms with Gasteiger partial charge in [0, 0.05) is 38.3 Å². The van der Waals surface area contributed by atoms with Gasteiger partial charge >= 0.3 is 11.9 Å². The van der Waals surface area contributed by atoms with E-state index in [0.29, 0.717) is 26.1 Å². The van der Waals surface area contributed by atoms with Crippen LogP contribution in [0, 0.1) is 5.92 Å². The van der Waals surface area contributed by atoms with Crippen molar-refractivity contribution in [3.05, 3.63) is 67.1 Å². The summed E-state index contributed by atoms with van der Waals surface area (Å²) in [4.78, 5) is 24.6. The van der Waals surface area contributed by atoms with Crippen molar-refractivity contribution in [3.63, 3.8) is 0 Å². The maximum Gasteiger partial charge on any atom is 0.305 e. The van der Waals surface area contributed by atoms with Gasteiger partial charge in [0.1, 0.15) is 0 Å². The molecule has 1 aromatic heterocycles. The molecule has 0 amide bonds. The van der Waals surface area contributed by atoms with E-state index in [1.807, 2.05) is 16.9 Å². The standard InChI is InChI=1S/C54H95N3O5/c1-3-5-7-9-11-13-15-17-19-21-23-25-27-29-33-42-53(59)61-48-36-31-32-41-52(58)51(50-55-44-38-46-57-47-39-45-56-57)40-35-37-49-62-54(60)43-34-30-28-26-24-22-20-18-16-14-12-10-8-6-4-2/h11-14,17-20,39,45,47,51-52,55,58H,3-10,15-16,21-38,40-44,46,48-50H2,1-2H3/b13-11-,14-12-,19-17-,20-18-. The summed E-state index contributed by atoms with van der Waals surface area (Å²) >= 11 is 0. The third-order valence-electron chi connectivity index (χ3n) is 11.6. The number of carbonyl (C=O) groups is 2. The Morgan fingerprint density at radius 3 is 1.56 bits per heavy atom. The Balaban J connectivity index is 2.14. The zero-order valence-electron chi connectivity index (χ0n) is 40.1. The molecule has 0 aliphatic rings. The molecule has 0 radical (unpaired) electrons. The Kier molecular flexibility index (Phi) is 42.4. The van der Waals surface area contributed by atoms with Crippen molar-refractivity contribution >= 4 is 11.9 Å². The summed E-state index contributed by atoms with van der Waals surface area (Å²) in [5.74, 6) is -0.0235. The summed E-state index contributed by atoms with van der Waals surface area (Å²) in [6, 6.07) is 1.94. The van der Waals surface area contributed by atoms with Gasteiger partial charge in [-0.1, -0.05) is 133 Å². The monoisotopic (exact) mass is 866 g/mol. The maximum absolute atomic E-state index is 12.3. The molecule has 1 aromatic rings. The third-order valence-corrected chi connectivity index (χ3v) is 11.6. The van der Waals surface area contributed by atoms with Crippen LogP contribution in [0.2, 0.25) is 0 Å². The summed E-state index contributed by atoms with van der Waals surface area (Å²) in [6.07, 6.45) is 55.6. The minimum atomic E-state index is -0.393. The maximum atomic E-state index is 12.3. The number of nitrogens with one attached hydrogen (secondary N) is 1. The van der Waals surface area contributed by atoms with Crippen LogP contribution >= 0.6 is 0 Å². The Bertz CT molecular complexity index is 1230.